The van der Waals surface area contributed by atoms with Crippen molar-refractivity contribution in [1.82, 2.24) is 0 Å². The van der Waals surface area contributed by atoms with E-state index in [1.54, 1.807) is 0 Å². The summed E-state index contributed by atoms with van der Waals surface area (Å²) in [7, 11) is -3.32. The Morgan fingerprint density at radius 2 is 1.89 bits per heavy atom. The Morgan fingerprint density at radius 3 is 2.47 bits per heavy atom. The zero-order valence-corrected chi connectivity index (χ0v) is 11.7. The highest BCUT2D eigenvalue weighted by molar-refractivity contribution is 7.90. The van der Waals surface area contributed by atoms with Crippen molar-refractivity contribution in [3.8, 4) is 0 Å². The molecule has 0 atom stereocenters. The van der Waals surface area contributed by atoms with Crippen molar-refractivity contribution in [2.24, 2.45) is 5.73 Å². The molecule has 0 aliphatic heterocycles. The van der Waals surface area contributed by atoms with Gasteiger partial charge in [-0.15, -0.1) is 0 Å². The molecular weight excluding hydrogens is 267 g/mol. The third-order valence-corrected chi connectivity index (χ3v) is 4.61. The van der Waals surface area contributed by atoms with Gasteiger partial charge in [-0.1, -0.05) is 0 Å². The van der Waals surface area contributed by atoms with Crippen LogP contribution in [0.4, 0.5) is 10.1 Å². The Balaban J connectivity index is 2.16. The standard InChI is InChI=1S/C13H19FN2O2S/c1-19(17,18)11-6-7-12(14)13(8-11)16-10-4-2-9(15)3-5-10/h6-10,16H,2-5,15H2,1H3. The number of nitrogens with one attached hydrogen (secondary N) is 1. The van der Waals surface area contributed by atoms with Crippen molar-refractivity contribution >= 4 is 15.5 Å². The van der Waals surface area contributed by atoms with Crippen LogP contribution in [-0.2, 0) is 9.84 Å². The molecule has 19 heavy (non-hydrogen) atoms. The van der Waals surface area contributed by atoms with E-state index in [9.17, 15) is 12.8 Å². The second kappa shape index (κ2) is 5.46. The predicted molar refractivity (Wildman–Crippen MR) is 73.4 cm³/mol. The minimum atomic E-state index is -3.32. The topological polar surface area (TPSA) is 72.2 Å². The van der Waals surface area contributed by atoms with E-state index >= 15 is 0 Å². The number of sulfone groups is 1. The molecule has 0 bridgehead atoms. The van der Waals surface area contributed by atoms with E-state index in [0.29, 0.717) is 0 Å². The average molecular weight is 286 g/mol. The molecule has 0 heterocycles. The normalized spacial score (nSPS) is 24.2. The van der Waals surface area contributed by atoms with Gasteiger partial charge in [0.05, 0.1) is 10.6 Å². The molecule has 1 aliphatic carbocycles. The lowest BCUT2D eigenvalue weighted by atomic mass is 9.91. The SMILES string of the molecule is CS(=O)(=O)c1ccc(F)c(NC2CCC(N)CC2)c1. The Hall–Kier alpha value is -1.14. The summed E-state index contributed by atoms with van der Waals surface area (Å²) in [6.45, 7) is 0. The summed E-state index contributed by atoms with van der Waals surface area (Å²) in [5, 5.41) is 3.09. The number of halogens is 1. The van der Waals surface area contributed by atoms with Crippen molar-refractivity contribution in [3.05, 3.63) is 24.0 Å². The minimum Gasteiger partial charge on any atom is -0.380 e. The van der Waals surface area contributed by atoms with Crippen LogP contribution in [0.2, 0.25) is 0 Å². The summed E-state index contributed by atoms with van der Waals surface area (Å²) in [4.78, 5) is 0.129. The van der Waals surface area contributed by atoms with Crippen LogP contribution in [0.5, 0.6) is 0 Å². The highest BCUT2D eigenvalue weighted by Gasteiger charge is 2.20. The number of hydrogen-bond acceptors (Lipinski definition) is 4. The number of benzene rings is 1. The van der Waals surface area contributed by atoms with Crippen LogP contribution >= 0.6 is 0 Å². The zero-order chi connectivity index (χ0) is 14.0. The average Bonchev–Trinajstić information content (AvgIpc) is 2.33. The molecule has 2 rings (SSSR count). The maximum atomic E-state index is 13.7. The highest BCUT2D eigenvalue weighted by Crippen LogP contribution is 2.25. The van der Waals surface area contributed by atoms with Crippen LogP contribution in [0.15, 0.2) is 23.1 Å². The first-order valence-corrected chi connectivity index (χ1v) is 8.27. The van der Waals surface area contributed by atoms with Crippen LogP contribution in [0.25, 0.3) is 0 Å². The summed E-state index contributed by atoms with van der Waals surface area (Å²) in [6, 6.07) is 4.22. The Labute approximate surface area is 113 Å². The fraction of sp³-hybridized carbons (Fsp3) is 0.538. The Morgan fingerprint density at radius 1 is 1.26 bits per heavy atom. The van der Waals surface area contributed by atoms with E-state index in [1.807, 2.05) is 0 Å². The van der Waals surface area contributed by atoms with E-state index in [-0.39, 0.29) is 22.7 Å². The molecule has 6 heteroatoms. The summed E-state index contributed by atoms with van der Waals surface area (Å²) in [6.07, 6.45) is 4.69. The van der Waals surface area contributed by atoms with Gasteiger partial charge in [0.25, 0.3) is 0 Å². The van der Waals surface area contributed by atoms with Gasteiger partial charge in [0.2, 0.25) is 0 Å². The minimum absolute atomic E-state index is 0.129. The van der Waals surface area contributed by atoms with Gasteiger partial charge in [-0.2, -0.15) is 0 Å². The lowest BCUT2D eigenvalue weighted by Crippen LogP contribution is -2.33. The van der Waals surface area contributed by atoms with Gasteiger partial charge in [0.15, 0.2) is 9.84 Å². The van der Waals surface area contributed by atoms with Crippen LogP contribution in [0, 0.1) is 5.82 Å². The fourth-order valence-corrected chi connectivity index (χ4v) is 2.98. The van der Waals surface area contributed by atoms with Gasteiger partial charge in [0, 0.05) is 18.3 Å². The second-order valence-electron chi connectivity index (χ2n) is 5.17. The first-order valence-electron chi connectivity index (χ1n) is 6.38. The van der Waals surface area contributed by atoms with Gasteiger partial charge in [-0.25, -0.2) is 12.8 Å². The van der Waals surface area contributed by atoms with Gasteiger partial charge in [-0.3, -0.25) is 0 Å². The van der Waals surface area contributed by atoms with E-state index in [0.717, 1.165) is 31.9 Å². The smallest absolute Gasteiger partial charge is 0.175 e. The van der Waals surface area contributed by atoms with E-state index in [4.69, 9.17) is 5.73 Å². The van der Waals surface area contributed by atoms with Gasteiger partial charge < -0.3 is 11.1 Å². The van der Waals surface area contributed by atoms with Gasteiger partial charge >= 0.3 is 0 Å². The molecule has 4 nitrogen and oxygen atoms in total. The lowest BCUT2D eigenvalue weighted by molar-refractivity contribution is 0.410. The van der Waals surface area contributed by atoms with Crippen LogP contribution < -0.4 is 11.1 Å². The maximum Gasteiger partial charge on any atom is 0.175 e. The molecule has 1 saturated carbocycles. The predicted octanol–water partition coefficient (Wildman–Crippen LogP) is 1.91. The zero-order valence-electron chi connectivity index (χ0n) is 10.9. The summed E-state index contributed by atoms with van der Waals surface area (Å²) in [5.41, 5.74) is 6.07. The summed E-state index contributed by atoms with van der Waals surface area (Å²) in [5.74, 6) is -0.428. The molecule has 0 aromatic heterocycles. The first kappa shape index (κ1) is 14.3. The largest absolute Gasteiger partial charge is 0.380 e. The van der Waals surface area contributed by atoms with Crippen molar-refractivity contribution in [3.63, 3.8) is 0 Å². The number of anilines is 1. The van der Waals surface area contributed by atoms with Crippen LogP contribution in [0.1, 0.15) is 25.7 Å². The quantitative estimate of drug-likeness (QED) is 0.833. The lowest BCUT2D eigenvalue weighted by Gasteiger charge is -2.27. The number of nitrogens with two attached hydrogens (primary N) is 1. The van der Waals surface area contributed by atoms with Crippen molar-refractivity contribution in [2.45, 2.75) is 42.7 Å². The molecule has 1 aromatic rings. The number of rotatable bonds is 3. The molecule has 0 amide bonds. The number of hydrogen-bond donors (Lipinski definition) is 2. The van der Waals surface area contributed by atoms with E-state index < -0.39 is 15.7 Å². The molecule has 0 spiro atoms. The molecule has 0 radical (unpaired) electrons. The fourth-order valence-electron chi connectivity index (χ4n) is 2.33. The monoisotopic (exact) mass is 286 g/mol. The van der Waals surface area contributed by atoms with Crippen LogP contribution in [0.3, 0.4) is 0 Å². The van der Waals surface area contributed by atoms with E-state index in [2.05, 4.69) is 5.32 Å². The van der Waals surface area contributed by atoms with Gasteiger partial charge in [-0.05, 0) is 43.9 Å². The van der Waals surface area contributed by atoms with Gasteiger partial charge in [0.1, 0.15) is 5.82 Å². The summed E-state index contributed by atoms with van der Waals surface area (Å²) < 4.78 is 36.6. The maximum absolute atomic E-state index is 13.7. The van der Waals surface area contributed by atoms with Crippen molar-refractivity contribution in [1.29, 1.82) is 0 Å². The molecule has 3 N–H and O–H groups in total. The molecule has 106 valence electrons. The summed E-state index contributed by atoms with van der Waals surface area (Å²) >= 11 is 0. The molecule has 1 aromatic carbocycles. The first-order chi connectivity index (χ1) is 8.86. The Kier molecular flexibility index (Phi) is 4.10. The molecule has 0 unspecified atom stereocenters. The molecule has 1 aliphatic rings. The van der Waals surface area contributed by atoms with Crippen molar-refractivity contribution in [2.75, 3.05) is 11.6 Å². The van der Waals surface area contributed by atoms with E-state index in [1.165, 1.54) is 18.2 Å². The molecule has 1 fully saturated rings. The Bertz CT molecular complexity index is 552. The second-order valence-corrected chi connectivity index (χ2v) is 7.19. The molecular formula is C13H19FN2O2S. The highest BCUT2D eigenvalue weighted by atomic mass is 32.2. The third kappa shape index (κ3) is 3.67. The molecule has 0 saturated heterocycles. The third-order valence-electron chi connectivity index (χ3n) is 3.50. The van der Waals surface area contributed by atoms with Crippen LogP contribution in [-0.4, -0.2) is 26.8 Å². The van der Waals surface area contributed by atoms with Crippen molar-refractivity contribution < 1.29 is 12.8 Å².